The fourth-order valence-electron chi connectivity index (χ4n) is 1.35. The molecule has 68 valence electrons. The summed E-state index contributed by atoms with van der Waals surface area (Å²) in [5.41, 5.74) is 2.36. The molecular weight excluding hydrogens is 150 g/mol. The van der Waals surface area contributed by atoms with Gasteiger partial charge in [0.15, 0.2) is 0 Å². The molecule has 1 rings (SSSR count). The van der Waals surface area contributed by atoms with Gasteiger partial charge in [0.2, 0.25) is 0 Å². The lowest BCUT2D eigenvalue weighted by atomic mass is 9.95. The topological polar surface area (TPSA) is 29.9 Å². The van der Waals surface area contributed by atoms with E-state index in [1.165, 1.54) is 5.56 Å². The zero-order valence-corrected chi connectivity index (χ0v) is 8.47. The quantitative estimate of drug-likeness (QED) is 0.717. The molecule has 0 aliphatic heterocycles. The Morgan fingerprint density at radius 3 is 2.42 bits per heavy atom. The molecule has 1 aromatic rings. The van der Waals surface area contributed by atoms with Crippen LogP contribution in [-0.4, -0.2) is 16.8 Å². The third-order valence-corrected chi connectivity index (χ3v) is 2.31. The van der Waals surface area contributed by atoms with Crippen LogP contribution in [0.1, 0.15) is 25.1 Å². The molecule has 0 bridgehead atoms. The first-order chi connectivity index (χ1) is 5.47. The molecule has 0 atom stereocenters. The van der Waals surface area contributed by atoms with Crippen LogP contribution >= 0.6 is 0 Å². The van der Waals surface area contributed by atoms with E-state index in [1.807, 2.05) is 25.7 Å². The van der Waals surface area contributed by atoms with Crippen molar-refractivity contribution >= 4 is 0 Å². The van der Waals surface area contributed by atoms with Gasteiger partial charge in [0, 0.05) is 24.3 Å². The van der Waals surface area contributed by atoms with Crippen molar-refractivity contribution in [2.75, 3.05) is 7.05 Å². The second-order valence-corrected chi connectivity index (χ2v) is 3.68. The van der Waals surface area contributed by atoms with Gasteiger partial charge in [-0.1, -0.05) is 0 Å². The van der Waals surface area contributed by atoms with Gasteiger partial charge >= 0.3 is 0 Å². The Hall–Kier alpha value is -0.830. The number of aryl methyl sites for hydroxylation is 2. The lowest BCUT2D eigenvalue weighted by Crippen LogP contribution is -2.33. The fraction of sp³-hybridized carbons (Fsp3) is 0.667. The van der Waals surface area contributed by atoms with Crippen molar-refractivity contribution in [3.8, 4) is 0 Å². The Morgan fingerprint density at radius 2 is 2.08 bits per heavy atom. The first-order valence-electron chi connectivity index (χ1n) is 4.17. The standard InChI is InChI=1S/C9H17N3/c1-7-8(6-12(5)11-7)9(2,3)10-4/h6,10H,1-5H3. The highest BCUT2D eigenvalue weighted by atomic mass is 15.3. The van der Waals surface area contributed by atoms with Crippen molar-refractivity contribution in [2.45, 2.75) is 26.3 Å². The minimum Gasteiger partial charge on any atom is -0.311 e. The maximum Gasteiger partial charge on any atom is 0.0644 e. The van der Waals surface area contributed by atoms with Crippen molar-refractivity contribution in [3.63, 3.8) is 0 Å². The van der Waals surface area contributed by atoms with Crippen molar-refractivity contribution < 1.29 is 0 Å². The monoisotopic (exact) mass is 167 g/mol. The van der Waals surface area contributed by atoms with Crippen molar-refractivity contribution in [1.29, 1.82) is 0 Å². The zero-order chi connectivity index (χ0) is 9.35. The lowest BCUT2D eigenvalue weighted by molar-refractivity contribution is 0.442. The lowest BCUT2D eigenvalue weighted by Gasteiger charge is -2.23. The van der Waals surface area contributed by atoms with E-state index < -0.39 is 0 Å². The van der Waals surface area contributed by atoms with Crippen LogP contribution in [0.25, 0.3) is 0 Å². The largest absolute Gasteiger partial charge is 0.311 e. The molecule has 0 saturated carbocycles. The van der Waals surface area contributed by atoms with Crippen LogP contribution in [0.15, 0.2) is 6.20 Å². The zero-order valence-electron chi connectivity index (χ0n) is 8.47. The first-order valence-corrected chi connectivity index (χ1v) is 4.17. The molecule has 0 amide bonds. The number of nitrogens with zero attached hydrogens (tertiary/aromatic N) is 2. The Balaban J connectivity index is 3.09. The van der Waals surface area contributed by atoms with E-state index in [9.17, 15) is 0 Å². The van der Waals surface area contributed by atoms with E-state index in [4.69, 9.17) is 0 Å². The van der Waals surface area contributed by atoms with Crippen LogP contribution in [-0.2, 0) is 12.6 Å². The van der Waals surface area contributed by atoms with Gasteiger partial charge in [0.1, 0.15) is 0 Å². The van der Waals surface area contributed by atoms with Crippen LogP contribution in [0.4, 0.5) is 0 Å². The first kappa shape index (κ1) is 9.26. The van der Waals surface area contributed by atoms with Crippen LogP contribution in [0.2, 0.25) is 0 Å². The molecule has 0 aromatic carbocycles. The van der Waals surface area contributed by atoms with Crippen molar-refractivity contribution in [3.05, 3.63) is 17.5 Å². The number of hydrogen-bond acceptors (Lipinski definition) is 2. The molecule has 1 N–H and O–H groups in total. The summed E-state index contributed by atoms with van der Waals surface area (Å²) in [5, 5.41) is 7.56. The molecule has 3 nitrogen and oxygen atoms in total. The number of rotatable bonds is 2. The van der Waals surface area contributed by atoms with Crippen molar-refractivity contribution in [2.24, 2.45) is 7.05 Å². The summed E-state index contributed by atoms with van der Waals surface area (Å²) in [6.45, 7) is 6.34. The van der Waals surface area contributed by atoms with Gasteiger partial charge < -0.3 is 5.32 Å². The van der Waals surface area contributed by atoms with Gasteiger partial charge in [-0.15, -0.1) is 0 Å². The van der Waals surface area contributed by atoms with Gasteiger partial charge in [-0.2, -0.15) is 5.10 Å². The molecular formula is C9H17N3. The normalized spacial score (nSPS) is 12.1. The Bertz CT molecular complexity index is 273. The van der Waals surface area contributed by atoms with Crippen LogP contribution in [0, 0.1) is 6.92 Å². The highest BCUT2D eigenvalue weighted by Crippen LogP contribution is 2.21. The average Bonchev–Trinajstić information content (AvgIpc) is 2.31. The second kappa shape index (κ2) is 2.90. The van der Waals surface area contributed by atoms with E-state index in [1.54, 1.807) is 0 Å². The molecule has 3 heteroatoms. The maximum atomic E-state index is 4.30. The van der Waals surface area contributed by atoms with E-state index in [0.717, 1.165) is 5.69 Å². The number of aromatic nitrogens is 2. The molecule has 0 fully saturated rings. The molecule has 1 heterocycles. The maximum absolute atomic E-state index is 4.30. The van der Waals surface area contributed by atoms with Crippen LogP contribution < -0.4 is 5.32 Å². The molecule has 0 radical (unpaired) electrons. The summed E-state index contributed by atoms with van der Waals surface area (Å²) in [6, 6.07) is 0. The highest BCUT2D eigenvalue weighted by molar-refractivity contribution is 5.23. The molecule has 0 spiro atoms. The van der Waals surface area contributed by atoms with Gasteiger partial charge in [-0.25, -0.2) is 0 Å². The summed E-state index contributed by atoms with van der Waals surface area (Å²) in [7, 11) is 3.91. The molecule has 0 aliphatic carbocycles. The molecule has 1 aromatic heterocycles. The van der Waals surface area contributed by atoms with Gasteiger partial charge in [0.25, 0.3) is 0 Å². The second-order valence-electron chi connectivity index (χ2n) is 3.68. The van der Waals surface area contributed by atoms with E-state index in [0.29, 0.717) is 0 Å². The minimum atomic E-state index is 0.0122. The fourth-order valence-corrected chi connectivity index (χ4v) is 1.35. The SMILES string of the molecule is CNC(C)(C)c1cn(C)nc1C. The van der Waals surface area contributed by atoms with Gasteiger partial charge in [-0.05, 0) is 27.8 Å². The van der Waals surface area contributed by atoms with E-state index in [-0.39, 0.29) is 5.54 Å². The predicted octanol–water partition coefficient (Wildman–Crippen LogP) is 1.18. The summed E-state index contributed by atoms with van der Waals surface area (Å²) in [6.07, 6.45) is 2.06. The van der Waals surface area contributed by atoms with E-state index in [2.05, 4.69) is 30.5 Å². The van der Waals surface area contributed by atoms with E-state index >= 15 is 0 Å². The Labute approximate surface area is 73.8 Å². The average molecular weight is 167 g/mol. The minimum absolute atomic E-state index is 0.0122. The molecule has 0 unspecified atom stereocenters. The highest BCUT2D eigenvalue weighted by Gasteiger charge is 2.21. The van der Waals surface area contributed by atoms with Gasteiger partial charge in [-0.3, -0.25) is 4.68 Å². The molecule has 12 heavy (non-hydrogen) atoms. The summed E-state index contributed by atoms with van der Waals surface area (Å²) in [4.78, 5) is 0. The third-order valence-electron chi connectivity index (χ3n) is 2.31. The smallest absolute Gasteiger partial charge is 0.0644 e. The number of hydrogen-bond donors (Lipinski definition) is 1. The third kappa shape index (κ3) is 1.50. The van der Waals surface area contributed by atoms with Crippen LogP contribution in [0.5, 0.6) is 0 Å². The summed E-state index contributed by atoms with van der Waals surface area (Å²) in [5.74, 6) is 0. The van der Waals surface area contributed by atoms with Crippen molar-refractivity contribution in [1.82, 2.24) is 15.1 Å². The summed E-state index contributed by atoms with van der Waals surface area (Å²) >= 11 is 0. The summed E-state index contributed by atoms with van der Waals surface area (Å²) < 4.78 is 1.85. The van der Waals surface area contributed by atoms with Gasteiger partial charge in [0.05, 0.1) is 5.69 Å². The molecule has 0 aliphatic rings. The Kier molecular flexibility index (Phi) is 2.24. The number of nitrogens with one attached hydrogen (secondary N) is 1. The Morgan fingerprint density at radius 1 is 1.50 bits per heavy atom. The van der Waals surface area contributed by atoms with Crippen LogP contribution in [0.3, 0.4) is 0 Å². The molecule has 0 saturated heterocycles. The predicted molar refractivity (Wildman–Crippen MR) is 50.0 cm³/mol.